The first-order chi connectivity index (χ1) is 6.69. The van der Waals surface area contributed by atoms with Gasteiger partial charge in [-0.15, -0.1) is 12.6 Å². The Balaban J connectivity index is 2.51. The van der Waals surface area contributed by atoms with Crippen molar-refractivity contribution in [2.45, 2.75) is 29.6 Å². The van der Waals surface area contributed by atoms with Gasteiger partial charge in [0.05, 0.1) is 11.5 Å². The molecule has 0 bridgehead atoms. The number of para-hydroxylation sites is 1. The number of hydrogen-bond acceptors (Lipinski definition) is 3. The highest BCUT2D eigenvalue weighted by atomic mass is 32.1. The van der Waals surface area contributed by atoms with Gasteiger partial charge in [0, 0.05) is 10.5 Å². The maximum absolute atomic E-state index is 9.80. The number of benzene rings is 1. The summed E-state index contributed by atoms with van der Waals surface area (Å²) >= 11 is 4.14. The molecule has 0 unspecified atom stereocenters. The molecule has 0 amide bonds. The molecule has 0 saturated heterocycles. The summed E-state index contributed by atoms with van der Waals surface area (Å²) in [7, 11) is 0. The summed E-state index contributed by atoms with van der Waals surface area (Å²) in [5.74, 6) is 0.164. The number of thiol groups is 1. The third-order valence-corrected chi connectivity index (χ3v) is 3.31. The fourth-order valence-electron chi connectivity index (χ4n) is 1.89. The monoisotopic (exact) mass is 205 g/mol. The third kappa shape index (κ3) is 1.18. The van der Waals surface area contributed by atoms with Crippen molar-refractivity contribution in [2.24, 2.45) is 0 Å². The molecule has 0 atom stereocenters. The van der Waals surface area contributed by atoms with Gasteiger partial charge >= 0.3 is 0 Å². The van der Waals surface area contributed by atoms with Crippen molar-refractivity contribution in [3.63, 3.8) is 0 Å². The molecular weight excluding hydrogens is 194 g/mol. The standard InChI is InChI=1S/C11H11NOS/c12-7-11(5-2-6-11)8-3-1-4-9(14)10(8)13/h1,3-4,13-14H,2,5-6H2. The molecule has 0 aromatic heterocycles. The molecule has 0 heterocycles. The van der Waals surface area contributed by atoms with Crippen molar-refractivity contribution >= 4 is 12.6 Å². The highest BCUT2D eigenvalue weighted by Gasteiger charge is 2.41. The molecule has 72 valence electrons. The van der Waals surface area contributed by atoms with Gasteiger partial charge in [0.2, 0.25) is 0 Å². The lowest BCUT2D eigenvalue weighted by Gasteiger charge is -2.36. The zero-order valence-corrected chi connectivity index (χ0v) is 8.59. The Kier molecular flexibility index (Phi) is 2.16. The van der Waals surface area contributed by atoms with E-state index < -0.39 is 5.41 Å². The summed E-state index contributed by atoms with van der Waals surface area (Å²) in [6, 6.07) is 7.68. The van der Waals surface area contributed by atoms with Gasteiger partial charge in [0.25, 0.3) is 0 Å². The van der Waals surface area contributed by atoms with Crippen LogP contribution in [0.3, 0.4) is 0 Å². The molecule has 1 fully saturated rings. The van der Waals surface area contributed by atoms with E-state index in [0.717, 1.165) is 24.8 Å². The molecule has 1 N–H and O–H groups in total. The van der Waals surface area contributed by atoms with Gasteiger partial charge < -0.3 is 5.11 Å². The Morgan fingerprint density at radius 2 is 2.14 bits per heavy atom. The minimum absolute atomic E-state index is 0.164. The minimum atomic E-state index is -0.456. The number of phenols is 1. The first-order valence-corrected chi connectivity index (χ1v) is 5.07. The first kappa shape index (κ1) is 9.42. The van der Waals surface area contributed by atoms with Crippen LogP contribution in [-0.2, 0) is 5.41 Å². The molecule has 0 radical (unpaired) electrons. The lowest BCUT2D eigenvalue weighted by Crippen LogP contribution is -2.32. The maximum atomic E-state index is 9.80. The Labute approximate surface area is 88.6 Å². The Hall–Kier alpha value is -1.14. The second-order valence-electron chi connectivity index (χ2n) is 3.72. The van der Waals surface area contributed by atoms with E-state index in [2.05, 4.69) is 18.7 Å². The average Bonchev–Trinajstić information content (AvgIpc) is 2.11. The van der Waals surface area contributed by atoms with E-state index in [-0.39, 0.29) is 5.75 Å². The summed E-state index contributed by atoms with van der Waals surface area (Å²) in [5, 5.41) is 18.9. The summed E-state index contributed by atoms with van der Waals surface area (Å²) in [6.07, 6.45) is 2.74. The van der Waals surface area contributed by atoms with Crippen LogP contribution >= 0.6 is 12.6 Å². The van der Waals surface area contributed by atoms with E-state index in [4.69, 9.17) is 5.26 Å². The number of nitrogens with zero attached hydrogens (tertiary/aromatic N) is 1. The second kappa shape index (κ2) is 3.21. The fraction of sp³-hybridized carbons (Fsp3) is 0.364. The lowest BCUT2D eigenvalue weighted by molar-refractivity contribution is 0.309. The van der Waals surface area contributed by atoms with E-state index in [9.17, 15) is 5.11 Å². The second-order valence-corrected chi connectivity index (χ2v) is 4.20. The Morgan fingerprint density at radius 3 is 2.64 bits per heavy atom. The topological polar surface area (TPSA) is 44.0 Å². The van der Waals surface area contributed by atoms with Gasteiger partial charge in [-0.1, -0.05) is 12.1 Å². The van der Waals surface area contributed by atoms with Crippen molar-refractivity contribution in [3.8, 4) is 11.8 Å². The van der Waals surface area contributed by atoms with Crippen LogP contribution in [0.5, 0.6) is 5.75 Å². The molecule has 0 spiro atoms. The predicted octanol–water partition coefficient (Wildman–Crippen LogP) is 2.63. The van der Waals surface area contributed by atoms with E-state index >= 15 is 0 Å². The SMILES string of the molecule is N#CC1(c2cccc(S)c2O)CCC1. The van der Waals surface area contributed by atoms with Crippen molar-refractivity contribution in [1.29, 1.82) is 5.26 Å². The van der Waals surface area contributed by atoms with Crippen LogP contribution in [0, 0.1) is 11.3 Å². The van der Waals surface area contributed by atoms with Crippen molar-refractivity contribution in [3.05, 3.63) is 23.8 Å². The molecule has 1 aromatic rings. The van der Waals surface area contributed by atoms with Crippen molar-refractivity contribution in [2.75, 3.05) is 0 Å². The quantitative estimate of drug-likeness (QED) is 0.692. The Bertz CT molecular complexity index is 404. The highest BCUT2D eigenvalue weighted by molar-refractivity contribution is 7.80. The maximum Gasteiger partial charge on any atom is 0.133 e. The van der Waals surface area contributed by atoms with Crippen molar-refractivity contribution in [1.82, 2.24) is 0 Å². The fourth-order valence-corrected chi connectivity index (χ4v) is 2.10. The van der Waals surface area contributed by atoms with Gasteiger partial charge in [-0.25, -0.2) is 0 Å². The van der Waals surface area contributed by atoms with Crippen LogP contribution in [0.15, 0.2) is 23.1 Å². The summed E-state index contributed by atoms with van der Waals surface area (Å²) < 4.78 is 0. The molecule has 1 aliphatic rings. The molecule has 2 nitrogen and oxygen atoms in total. The molecular formula is C11H11NOS. The summed E-state index contributed by atoms with van der Waals surface area (Å²) in [5.41, 5.74) is 0.279. The van der Waals surface area contributed by atoms with Gasteiger partial charge in [-0.3, -0.25) is 0 Å². The molecule has 2 rings (SSSR count). The Morgan fingerprint density at radius 1 is 1.43 bits per heavy atom. The number of aromatic hydroxyl groups is 1. The summed E-state index contributed by atoms with van der Waals surface area (Å²) in [4.78, 5) is 0.545. The zero-order valence-electron chi connectivity index (χ0n) is 7.70. The molecule has 3 heteroatoms. The van der Waals surface area contributed by atoms with Crippen LogP contribution in [0.25, 0.3) is 0 Å². The molecule has 0 aliphatic heterocycles. The lowest BCUT2D eigenvalue weighted by atomic mass is 9.65. The number of rotatable bonds is 1. The first-order valence-electron chi connectivity index (χ1n) is 4.62. The molecule has 1 aliphatic carbocycles. The van der Waals surface area contributed by atoms with Crippen LogP contribution < -0.4 is 0 Å². The molecule has 1 aromatic carbocycles. The number of phenolic OH excluding ortho intramolecular Hbond substituents is 1. The summed E-state index contributed by atoms with van der Waals surface area (Å²) in [6.45, 7) is 0. The van der Waals surface area contributed by atoms with E-state index in [1.807, 2.05) is 12.1 Å². The minimum Gasteiger partial charge on any atom is -0.506 e. The van der Waals surface area contributed by atoms with Crippen LogP contribution in [0.1, 0.15) is 24.8 Å². The van der Waals surface area contributed by atoms with Crippen molar-refractivity contribution < 1.29 is 5.11 Å². The predicted molar refractivity (Wildman–Crippen MR) is 56.5 cm³/mol. The van der Waals surface area contributed by atoms with E-state index in [0.29, 0.717) is 4.90 Å². The van der Waals surface area contributed by atoms with E-state index in [1.165, 1.54) is 0 Å². The van der Waals surface area contributed by atoms with Crippen LogP contribution in [0.2, 0.25) is 0 Å². The van der Waals surface area contributed by atoms with Gasteiger partial charge in [0.1, 0.15) is 5.75 Å². The number of hydrogen-bond donors (Lipinski definition) is 2. The number of nitriles is 1. The van der Waals surface area contributed by atoms with Gasteiger partial charge in [-0.05, 0) is 25.3 Å². The molecule has 1 saturated carbocycles. The highest BCUT2D eigenvalue weighted by Crippen LogP contribution is 2.47. The van der Waals surface area contributed by atoms with Crippen LogP contribution in [0.4, 0.5) is 0 Å². The van der Waals surface area contributed by atoms with E-state index in [1.54, 1.807) is 6.07 Å². The zero-order chi connectivity index (χ0) is 10.2. The van der Waals surface area contributed by atoms with Crippen LogP contribution in [-0.4, -0.2) is 5.11 Å². The molecule has 14 heavy (non-hydrogen) atoms. The normalized spacial score (nSPS) is 18.3. The third-order valence-electron chi connectivity index (χ3n) is 2.95. The average molecular weight is 205 g/mol. The van der Waals surface area contributed by atoms with Gasteiger partial charge in [0.15, 0.2) is 0 Å². The largest absolute Gasteiger partial charge is 0.506 e. The smallest absolute Gasteiger partial charge is 0.133 e. The van der Waals surface area contributed by atoms with Gasteiger partial charge in [-0.2, -0.15) is 5.26 Å².